The minimum absolute atomic E-state index is 0. The third kappa shape index (κ3) is 7.08. The van der Waals surface area contributed by atoms with E-state index in [0.717, 1.165) is 30.2 Å². The zero-order chi connectivity index (χ0) is 21.5. The summed E-state index contributed by atoms with van der Waals surface area (Å²) in [6.07, 6.45) is 0.383. The smallest absolute Gasteiger partial charge is 0.224 e. The molecular weight excluding hydrogens is 514 g/mol. The van der Waals surface area contributed by atoms with Gasteiger partial charge in [-0.15, -0.1) is 24.0 Å². The number of carbonyl (C=O) groups is 1. The van der Waals surface area contributed by atoms with Crippen molar-refractivity contribution in [1.82, 2.24) is 20.5 Å². The molecule has 1 aliphatic rings. The lowest BCUT2D eigenvalue weighted by molar-refractivity contribution is -0.131. The molecule has 0 saturated carbocycles. The summed E-state index contributed by atoms with van der Waals surface area (Å²) in [5, 5.41) is 6.28. The van der Waals surface area contributed by atoms with Gasteiger partial charge in [-0.05, 0) is 38.1 Å². The summed E-state index contributed by atoms with van der Waals surface area (Å²) in [6, 6.07) is 6.47. The molecule has 0 aliphatic carbocycles. The molecule has 10 heteroatoms. The minimum atomic E-state index is -0.241. The first-order valence-corrected chi connectivity index (χ1v) is 10.1. The van der Waals surface area contributed by atoms with Crippen molar-refractivity contribution in [1.29, 1.82) is 0 Å². The number of nitrogens with one attached hydrogen (secondary N) is 2. The van der Waals surface area contributed by atoms with Crippen molar-refractivity contribution >= 4 is 41.5 Å². The van der Waals surface area contributed by atoms with Crippen LogP contribution in [-0.2, 0) is 11.3 Å². The average Bonchev–Trinajstić information content (AvgIpc) is 3.08. The summed E-state index contributed by atoms with van der Waals surface area (Å²) >= 11 is 0. The van der Waals surface area contributed by atoms with Gasteiger partial charge in [0.05, 0.1) is 12.2 Å². The number of benzene rings is 1. The molecular formula is C21H30FIN6O2. The van der Waals surface area contributed by atoms with Crippen LogP contribution < -0.4 is 15.5 Å². The number of halogens is 2. The van der Waals surface area contributed by atoms with Crippen LogP contribution in [0.25, 0.3) is 0 Å². The number of carbonyl (C=O) groups excluding carboxylic acids is 1. The lowest BCUT2D eigenvalue weighted by Gasteiger charge is -2.36. The first-order chi connectivity index (χ1) is 14.5. The third-order valence-electron chi connectivity index (χ3n) is 5.16. The van der Waals surface area contributed by atoms with Crippen LogP contribution in [0.4, 0.5) is 10.1 Å². The Morgan fingerprint density at radius 2 is 1.84 bits per heavy atom. The van der Waals surface area contributed by atoms with Crippen LogP contribution in [0, 0.1) is 19.7 Å². The van der Waals surface area contributed by atoms with Gasteiger partial charge in [0.2, 0.25) is 11.8 Å². The average molecular weight is 544 g/mol. The van der Waals surface area contributed by atoms with Crippen molar-refractivity contribution < 1.29 is 13.6 Å². The van der Waals surface area contributed by atoms with E-state index in [1.54, 1.807) is 19.2 Å². The number of guanidine groups is 1. The highest BCUT2D eigenvalue weighted by Crippen LogP contribution is 2.17. The van der Waals surface area contributed by atoms with Crippen LogP contribution in [0.15, 0.2) is 33.7 Å². The molecule has 1 amide bonds. The van der Waals surface area contributed by atoms with Gasteiger partial charge in [-0.2, -0.15) is 0 Å². The molecule has 0 spiro atoms. The van der Waals surface area contributed by atoms with E-state index in [1.807, 2.05) is 18.7 Å². The summed E-state index contributed by atoms with van der Waals surface area (Å²) in [5.74, 6) is 1.87. The molecule has 170 valence electrons. The fourth-order valence-corrected chi connectivity index (χ4v) is 3.31. The highest BCUT2D eigenvalue weighted by Gasteiger charge is 2.21. The number of rotatable bonds is 6. The van der Waals surface area contributed by atoms with Gasteiger partial charge in [0.15, 0.2) is 5.96 Å². The second-order valence-electron chi connectivity index (χ2n) is 7.20. The monoisotopic (exact) mass is 544 g/mol. The molecule has 0 unspecified atom stereocenters. The van der Waals surface area contributed by atoms with E-state index < -0.39 is 0 Å². The Balaban J connectivity index is 0.00000341. The van der Waals surface area contributed by atoms with Crippen LogP contribution in [-0.4, -0.2) is 61.5 Å². The van der Waals surface area contributed by atoms with Crippen molar-refractivity contribution in [2.75, 3.05) is 44.7 Å². The molecule has 0 radical (unpaired) electrons. The van der Waals surface area contributed by atoms with Crippen LogP contribution in [0.2, 0.25) is 0 Å². The number of aromatic nitrogens is 1. The van der Waals surface area contributed by atoms with Crippen molar-refractivity contribution in [2.45, 2.75) is 26.8 Å². The maximum Gasteiger partial charge on any atom is 0.224 e. The van der Waals surface area contributed by atoms with E-state index in [4.69, 9.17) is 4.42 Å². The molecule has 2 heterocycles. The summed E-state index contributed by atoms with van der Waals surface area (Å²) in [5.41, 5.74) is 1.86. The molecule has 0 bridgehead atoms. The molecule has 31 heavy (non-hydrogen) atoms. The Labute approximate surface area is 199 Å². The zero-order valence-electron chi connectivity index (χ0n) is 18.2. The Bertz CT molecular complexity index is 859. The van der Waals surface area contributed by atoms with Crippen LogP contribution >= 0.6 is 24.0 Å². The number of hydrogen-bond acceptors (Lipinski definition) is 5. The molecule has 1 aromatic carbocycles. The number of oxazole rings is 1. The molecule has 1 aliphatic heterocycles. The lowest BCUT2D eigenvalue weighted by Crippen LogP contribution is -2.49. The minimum Gasteiger partial charge on any atom is -0.444 e. The van der Waals surface area contributed by atoms with E-state index in [1.165, 1.54) is 12.1 Å². The van der Waals surface area contributed by atoms with E-state index in [-0.39, 0.29) is 35.7 Å². The van der Waals surface area contributed by atoms with E-state index in [9.17, 15) is 9.18 Å². The molecule has 1 saturated heterocycles. The van der Waals surface area contributed by atoms with Gasteiger partial charge in [-0.25, -0.2) is 9.37 Å². The summed E-state index contributed by atoms with van der Waals surface area (Å²) in [4.78, 5) is 25.0. The van der Waals surface area contributed by atoms with Gasteiger partial charge in [0.25, 0.3) is 0 Å². The Kier molecular flexibility index (Phi) is 9.53. The van der Waals surface area contributed by atoms with Crippen molar-refractivity contribution in [2.24, 2.45) is 4.99 Å². The highest BCUT2D eigenvalue weighted by atomic mass is 127. The second kappa shape index (κ2) is 11.9. The Morgan fingerprint density at radius 3 is 2.42 bits per heavy atom. The molecule has 1 aromatic heterocycles. The normalized spacial score (nSPS) is 14.3. The van der Waals surface area contributed by atoms with E-state index in [2.05, 4.69) is 25.5 Å². The standard InChI is InChI=1S/C21H29FN6O2.HI/c1-15-16(2)30-19(26-15)14-25-21(23-3)24-9-8-20(29)28-12-10-27(11-13-28)18-6-4-17(22)5-7-18;/h4-7H,8-14H2,1-3H3,(H2,23,24,25);1H. The van der Waals surface area contributed by atoms with Gasteiger partial charge in [-0.1, -0.05) is 0 Å². The first-order valence-electron chi connectivity index (χ1n) is 10.1. The fourth-order valence-electron chi connectivity index (χ4n) is 3.31. The molecule has 2 N–H and O–H groups in total. The first kappa shape index (κ1) is 24.9. The highest BCUT2D eigenvalue weighted by molar-refractivity contribution is 14.0. The number of piperazine rings is 1. The maximum absolute atomic E-state index is 13.1. The van der Waals surface area contributed by atoms with Gasteiger partial charge < -0.3 is 24.9 Å². The number of nitrogens with zero attached hydrogens (tertiary/aromatic N) is 4. The van der Waals surface area contributed by atoms with Gasteiger partial charge in [-0.3, -0.25) is 9.79 Å². The maximum atomic E-state index is 13.1. The quantitative estimate of drug-likeness (QED) is 0.330. The number of anilines is 1. The van der Waals surface area contributed by atoms with Gasteiger partial charge in [0, 0.05) is 51.9 Å². The number of hydrogen-bond donors (Lipinski definition) is 2. The number of amides is 1. The van der Waals surface area contributed by atoms with Crippen LogP contribution in [0.5, 0.6) is 0 Å². The van der Waals surface area contributed by atoms with E-state index >= 15 is 0 Å². The largest absolute Gasteiger partial charge is 0.444 e. The van der Waals surface area contributed by atoms with E-state index in [0.29, 0.717) is 44.5 Å². The summed E-state index contributed by atoms with van der Waals surface area (Å²) in [6.45, 7) is 7.49. The SMILES string of the molecule is CN=C(NCCC(=O)N1CCN(c2ccc(F)cc2)CC1)NCc1nc(C)c(C)o1.I. The predicted molar refractivity (Wildman–Crippen MR) is 129 cm³/mol. The number of aryl methyl sites for hydroxylation is 2. The Morgan fingerprint density at radius 1 is 1.16 bits per heavy atom. The van der Waals surface area contributed by atoms with Crippen molar-refractivity contribution in [3.63, 3.8) is 0 Å². The van der Waals surface area contributed by atoms with Crippen LogP contribution in [0.1, 0.15) is 23.8 Å². The molecule has 0 atom stereocenters. The van der Waals surface area contributed by atoms with Crippen molar-refractivity contribution in [3.05, 3.63) is 47.4 Å². The molecule has 1 fully saturated rings. The fraction of sp³-hybridized carbons (Fsp3) is 0.476. The third-order valence-corrected chi connectivity index (χ3v) is 5.16. The van der Waals surface area contributed by atoms with Crippen molar-refractivity contribution in [3.8, 4) is 0 Å². The predicted octanol–water partition coefficient (Wildman–Crippen LogP) is 2.45. The van der Waals surface area contributed by atoms with Crippen LogP contribution in [0.3, 0.4) is 0 Å². The Hall–Kier alpha value is -2.37. The molecule has 2 aromatic rings. The van der Waals surface area contributed by atoms with Gasteiger partial charge in [0.1, 0.15) is 11.6 Å². The summed E-state index contributed by atoms with van der Waals surface area (Å²) < 4.78 is 18.6. The zero-order valence-corrected chi connectivity index (χ0v) is 20.5. The van der Waals surface area contributed by atoms with Gasteiger partial charge >= 0.3 is 0 Å². The lowest BCUT2D eigenvalue weighted by atomic mass is 10.2. The summed E-state index contributed by atoms with van der Waals surface area (Å²) in [7, 11) is 1.68. The molecule has 3 rings (SSSR count). The number of aliphatic imine (C=N–C) groups is 1. The molecule has 8 nitrogen and oxygen atoms in total. The second-order valence-corrected chi connectivity index (χ2v) is 7.20. The topological polar surface area (TPSA) is 86.0 Å².